The maximum Gasteiger partial charge on any atom is 0.268 e. The summed E-state index contributed by atoms with van der Waals surface area (Å²) in [5, 5.41) is 6.40. The highest BCUT2D eigenvalue weighted by Gasteiger charge is 2.17. The van der Waals surface area contributed by atoms with Crippen molar-refractivity contribution in [3.8, 4) is 0 Å². The molecular formula is C17H18N2O. The molecule has 0 unspecified atom stereocenters. The lowest BCUT2D eigenvalue weighted by Gasteiger charge is -2.19. The van der Waals surface area contributed by atoms with E-state index in [0.717, 1.165) is 16.3 Å². The summed E-state index contributed by atoms with van der Waals surface area (Å²) in [6.45, 7) is 5.93. The van der Waals surface area contributed by atoms with E-state index in [1.54, 1.807) is 0 Å². The SMILES string of the molecule is CC(C)(C)NC(=O)c1cc2c(ccc3ccccc32)[nH]1. The van der Waals surface area contributed by atoms with E-state index >= 15 is 0 Å². The number of benzene rings is 2. The molecule has 0 saturated heterocycles. The van der Waals surface area contributed by atoms with Crippen LogP contribution in [0, 0.1) is 0 Å². The van der Waals surface area contributed by atoms with Crippen molar-refractivity contribution in [2.75, 3.05) is 0 Å². The van der Waals surface area contributed by atoms with Gasteiger partial charge in [0.05, 0.1) is 0 Å². The molecule has 0 atom stereocenters. The summed E-state index contributed by atoms with van der Waals surface area (Å²) < 4.78 is 0. The Bertz CT molecular complexity index is 793. The monoisotopic (exact) mass is 266 g/mol. The van der Waals surface area contributed by atoms with E-state index in [1.165, 1.54) is 5.39 Å². The summed E-state index contributed by atoms with van der Waals surface area (Å²) in [4.78, 5) is 15.4. The van der Waals surface area contributed by atoms with Crippen LogP contribution in [0.2, 0.25) is 0 Å². The van der Waals surface area contributed by atoms with Gasteiger partial charge in [-0.1, -0.05) is 30.3 Å². The zero-order chi connectivity index (χ0) is 14.3. The van der Waals surface area contributed by atoms with Gasteiger partial charge >= 0.3 is 0 Å². The average Bonchev–Trinajstić information content (AvgIpc) is 2.81. The van der Waals surface area contributed by atoms with Crippen molar-refractivity contribution >= 4 is 27.6 Å². The Morgan fingerprint density at radius 1 is 1.05 bits per heavy atom. The van der Waals surface area contributed by atoms with Crippen molar-refractivity contribution in [3.05, 3.63) is 48.2 Å². The molecule has 3 heteroatoms. The Balaban J connectivity index is 2.11. The van der Waals surface area contributed by atoms with Gasteiger partial charge in [-0.3, -0.25) is 4.79 Å². The molecule has 0 fully saturated rings. The fraction of sp³-hybridized carbons (Fsp3) is 0.235. The van der Waals surface area contributed by atoms with E-state index in [4.69, 9.17) is 0 Å². The van der Waals surface area contributed by atoms with Crippen LogP contribution in [0.3, 0.4) is 0 Å². The Morgan fingerprint density at radius 3 is 2.55 bits per heavy atom. The molecule has 2 aromatic carbocycles. The molecular weight excluding hydrogens is 248 g/mol. The van der Waals surface area contributed by atoms with E-state index in [-0.39, 0.29) is 11.4 Å². The van der Waals surface area contributed by atoms with Gasteiger partial charge in [0.25, 0.3) is 5.91 Å². The molecule has 3 aromatic rings. The van der Waals surface area contributed by atoms with E-state index in [9.17, 15) is 4.79 Å². The van der Waals surface area contributed by atoms with Crippen LogP contribution >= 0.6 is 0 Å². The number of carbonyl (C=O) groups excluding carboxylic acids is 1. The van der Waals surface area contributed by atoms with Gasteiger partial charge in [-0.25, -0.2) is 0 Å². The third-order valence-electron chi connectivity index (χ3n) is 3.26. The Labute approximate surface area is 118 Å². The number of fused-ring (bicyclic) bond motifs is 3. The van der Waals surface area contributed by atoms with Crippen molar-refractivity contribution in [1.29, 1.82) is 0 Å². The summed E-state index contributed by atoms with van der Waals surface area (Å²) >= 11 is 0. The van der Waals surface area contributed by atoms with E-state index in [0.29, 0.717) is 5.69 Å². The molecule has 0 aliphatic carbocycles. The minimum absolute atomic E-state index is 0.0715. The van der Waals surface area contributed by atoms with Crippen LogP contribution in [0.25, 0.3) is 21.7 Å². The lowest BCUT2D eigenvalue weighted by molar-refractivity contribution is 0.0915. The zero-order valence-electron chi connectivity index (χ0n) is 11.9. The highest BCUT2D eigenvalue weighted by atomic mass is 16.2. The number of nitrogens with one attached hydrogen (secondary N) is 2. The molecule has 0 spiro atoms. The maximum atomic E-state index is 12.2. The number of aromatic amines is 1. The number of rotatable bonds is 1. The number of carbonyl (C=O) groups is 1. The van der Waals surface area contributed by atoms with E-state index in [2.05, 4.69) is 28.5 Å². The molecule has 1 amide bonds. The molecule has 1 heterocycles. The lowest BCUT2D eigenvalue weighted by Crippen LogP contribution is -2.40. The lowest BCUT2D eigenvalue weighted by atomic mass is 10.1. The fourth-order valence-corrected chi connectivity index (χ4v) is 2.42. The molecule has 3 nitrogen and oxygen atoms in total. The van der Waals surface area contributed by atoms with Crippen molar-refractivity contribution in [2.45, 2.75) is 26.3 Å². The minimum atomic E-state index is -0.240. The molecule has 20 heavy (non-hydrogen) atoms. The summed E-state index contributed by atoms with van der Waals surface area (Å²) in [7, 11) is 0. The first-order valence-electron chi connectivity index (χ1n) is 6.77. The standard InChI is InChI=1S/C17H18N2O/c1-17(2,3)19-16(20)15-10-13-12-7-5-4-6-11(12)8-9-14(13)18-15/h4-10,18H,1-3H3,(H,19,20). The third kappa shape index (κ3) is 2.27. The highest BCUT2D eigenvalue weighted by molar-refractivity contribution is 6.09. The van der Waals surface area contributed by atoms with Crippen LogP contribution < -0.4 is 5.32 Å². The molecule has 0 radical (unpaired) electrons. The molecule has 0 aliphatic heterocycles. The first-order valence-corrected chi connectivity index (χ1v) is 6.77. The first-order chi connectivity index (χ1) is 9.44. The van der Waals surface area contributed by atoms with Crippen LogP contribution in [0.1, 0.15) is 31.3 Å². The molecule has 2 N–H and O–H groups in total. The molecule has 1 aromatic heterocycles. The summed E-state index contributed by atoms with van der Waals surface area (Å²) in [5.74, 6) is -0.0715. The highest BCUT2D eigenvalue weighted by Crippen LogP contribution is 2.26. The Kier molecular flexibility index (Phi) is 2.78. The number of amides is 1. The Morgan fingerprint density at radius 2 is 1.80 bits per heavy atom. The second-order valence-corrected chi connectivity index (χ2v) is 6.14. The Hall–Kier alpha value is -2.29. The van der Waals surface area contributed by atoms with E-state index in [1.807, 2.05) is 45.0 Å². The maximum absolute atomic E-state index is 12.2. The van der Waals surface area contributed by atoms with Gasteiger partial charge in [0.1, 0.15) is 5.69 Å². The normalized spacial score (nSPS) is 11.9. The first kappa shape index (κ1) is 12.7. The van der Waals surface area contributed by atoms with Gasteiger partial charge in [0, 0.05) is 16.4 Å². The number of hydrogen-bond acceptors (Lipinski definition) is 1. The summed E-state index contributed by atoms with van der Waals surface area (Å²) in [5.41, 5.74) is 1.35. The average molecular weight is 266 g/mol. The van der Waals surface area contributed by atoms with Crippen LogP contribution in [0.5, 0.6) is 0 Å². The fourth-order valence-electron chi connectivity index (χ4n) is 2.42. The van der Waals surface area contributed by atoms with Gasteiger partial charge in [0.2, 0.25) is 0 Å². The topological polar surface area (TPSA) is 44.9 Å². The molecule has 0 bridgehead atoms. The van der Waals surface area contributed by atoms with Gasteiger partial charge < -0.3 is 10.3 Å². The molecule has 0 aliphatic rings. The van der Waals surface area contributed by atoms with Crippen molar-refractivity contribution in [1.82, 2.24) is 10.3 Å². The van der Waals surface area contributed by atoms with Gasteiger partial charge in [-0.2, -0.15) is 0 Å². The smallest absolute Gasteiger partial charge is 0.268 e. The minimum Gasteiger partial charge on any atom is -0.351 e. The predicted molar refractivity (Wildman–Crippen MR) is 83.0 cm³/mol. The summed E-state index contributed by atoms with van der Waals surface area (Å²) in [6, 6.07) is 14.2. The van der Waals surface area contributed by atoms with Crippen LogP contribution in [0.15, 0.2) is 42.5 Å². The summed E-state index contributed by atoms with van der Waals surface area (Å²) in [6.07, 6.45) is 0. The number of aromatic nitrogens is 1. The quantitative estimate of drug-likeness (QED) is 0.690. The zero-order valence-corrected chi connectivity index (χ0v) is 11.9. The van der Waals surface area contributed by atoms with Crippen LogP contribution in [-0.2, 0) is 0 Å². The van der Waals surface area contributed by atoms with Crippen LogP contribution in [0.4, 0.5) is 0 Å². The second-order valence-electron chi connectivity index (χ2n) is 6.14. The number of H-pyrrole nitrogens is 1. The van der Waals surface area contributed by atoms with Crippen molar-refractivity contribution in [2.24, 2.45) is 0 Å². The third-order valence-corrected chi connectivity index (χ3v) is 3.26. The van der Waals surface area contributed by atoms with Gasteiger partial charge in [-0.05, 0) is 43.7 Å². The number of hydrogen-bond donors (Lipinski definition) is 2. The van der Waals surface area contributed by atoms with E-state index < -0.39 is 0 Å². The molecule has 3 rings (SSSR count). The molecule has 102 valence electrons. The van der Waals surface area contributed by atoms with Crippen LogP contribution in [-0.4, -0.2) is 16.4 Å². The van der Waals surface area contributed by atoms with Crippen molar-refractivity contribution < 1.29 is 4.79 Å². The van der Waals surface area contributed by atoms with Gasteiger partial charge in [-0.15, -0.1) is 0 Å². The molecule has 0 saturated carbocycles. The second kappa shape index (κ2) is 4.37. The largest absolute Gasteiger partial charge is 0.351 e. The predicted octanol–water partition coefficient (Wildman–Crippen LogP) is 3.85. The van der Waals surface area contributed by atoms with Gasteiger partial charge in [0.15, 0.2) is 0 Å². The van der Waals surface area contributed by atoms with Crippen molar-refractivity contribution in [3.63, 3.8) is 0 Å².